The number of carbonyl (C=O) groups excluding carboxylic acids is 2. The Labute approximate surface area is 513 Å². The van der Waals surface area contributed by atoms with E-state index in [0.717, 1.165) is 96.3 Å². The number of amides is 1. The zero-order valence-electron chi connectivity index (χ0n) is 54.9. The molecule has 0 aliphatic carbocycles. The quantitative estimate of drug-likeness (QED) is 0.0205. The van der Waals surface area contributed by atoms with Crippen molar-refractivity contribution in [1.82, 2.24) is 5.32 Å². The predicted octanol–water partition coefficient (Wildman–Crippen LogP) is 21.9. The molecule has 0 aliphatic rings. The number of quaternary nitrogens is 1. The fourth-order valence-corrected chi connectivity index (χ4v) is 10.4. The monoisotopic (exact) mass is 1180 g/mol. The lowest BCUT2D eigenvalue weighted by atomic mass is 10.0. The molecule has 0 fully saturated rings. The van der Waals surface area contributed by atoms with Crippen molar-refractivity contribution in [3.05, 3.63) is 97.2 Å². The molecule has 480 valence electrons. The molecule has 0 radical (unpaired) electrons. The van der Waals surface area contributed by atoms with Crippen molar-refractivity contribution < 1.29 is 37.3 Å². The normalized spacial score (nSPS) is 14.2. The summed E-state index contributed by atoms with van der Waals surface area (Å²) < 4.78 is 30.7. The number of nitrogens with one attached hydrogen (secondary N) is 1. The van der Waals surface area contributed by atoms with E-state index in [1.807, 2.05) is 33.3 Å². The van der Waals surface area contributed by atoms with Gasteiger partial charge in [0.2, 0.25) is 5.91 Å². The molecule has 0 aromatic carbocycles. The van der Waals surface area contributed by atoms with Gasteiger partial charge >= 0.3 is 13.8 Å². The average Bonchev–Trinajstić information content (AvgIpc) is 3.52. The Morgan fingerprint density at radius 3 is 1.19 bits per heavy atom. The van der Waals surface area contributed by atoms with Crippen molar-refractivity contribution in [2.75, 3.05) is 40.9 Å². The van der Waals surface area contributed by atoms with E-state index in [4.69, 9.17) is 13.8 Å². The summed E-state index contributed by atoms with van der Waals surface area (Å²) in [5.41, 5.74) is 0. The second kappa shape index (κ2) is 62.0. The minimum Gasteiger partial charge on any atom is -0.456 e. The number of carbonyl (C=O) groups is 2. The Kier molecular flexibility index (Phi) is 59.7. The Balaban J connectivity index is 5.05. The summed E-state index contributed by atoms with van der Waals surface area (Å²) in [6, 6.07) is -0.870. The van der Waals surface area contributed by atoms with Crippen molar-refractivity contribution in [3.63, 3.8) is 0 Å². The van der Waals surface area contributed by atoms with Gasteiger partial charge in [-0.25, -0.2) is 4.57 Å². The molecule has 0 aliphatic heterocycles. The number of hydrogen-bond acceptors (Lipinski definition) is 6. The highest BCUT2D eigenvalue weighted by atomic mass is 31.2. The maximum Gasteiger partial charge on any atom is 0.472 e. The molecule has 0 spiro atoms. The van der Waals surface area contributed by atoms with Crippen LogP contribution in [0.5, 0.6) is 0 Å². The molecule has 10 heteroatoms. The van der Waals surface area contributed by atoms with Crippen LogP contribution in [0, 0.1) is 0 Å². The number of phosphoric acid groups is 1. The van der Waals surface area contributed by atoms with E-state index in [0.29, 0.717) is 23.9 Å². The molecule has 9 nitrogen and oxygen atoms in total. The van der Waals surface area contributed by atoms with E-state index in [2.05, 4.69) is 111 Å². The van der Waals surface area contributed by atoms with Crippen molar-refractivity contribution in [2.45, 2.75) is 315 Å². The Hall–Kier alpha value is -3.07. The molecule has 0 aromatic heterocycles. The van der Waals surface area contributed by atoms with Gasteiger partial charge < -0.3 is 19.4 Å². The van der Waals surface area contributed by atoms with Crippen LogP contribution in [0.1, 0.15) is 303 Å². The van der Waals surface area contributed by atoms with E-state index in [1.165, 1.54) is 167 Å². The molecular weight excluding hydrogens is 1050 g/mol. The highest BCUT2D eigenvalue weighted by Crippen LogP contribution is 2.43. The fraction of sp³-hybridized carbons (Fsp3) is 0.753. The summed E-state index contributed by atoms with van der Waals surface area (Å²) >= 11 is 0. The maximum absolute atomic E-state index is 13.6. The minimum absolute atomic E-state index is 0.0303. The Morgan fingerprint density at radius 2 is 0.771 bits per heavy atom. The van der Waals surface area contributed by atoms with Crippen LogP contribution in [0.3, 0.4) is 0 Å². The third-order valence-corrected chi connectivity index (χ3v) is 16.0. The summed E-state index contributed by atoms with van der Waals surface area (Å²) in [6.45, 7) is 6.86. The topological polar surface area (TPSA) is 111 Å². The summed E-state index contributed by atoms with van der Waals surface area (Å²) in [5.74, 6) is -0.540. The van der Waals surface area contributed by atoms with Gasteiger partial charge in [0.25, 0.3) is 0 Å². The molecule has 0 heterocycles. The molecular formula is C73H132N2O7P+. The van der Waals surface area contributed by atoms with Crippen molar-refractivity contribution in [2.24, 2.45) is 0 Å². The van der Waals surface area contributed by atoms with Gasteiger partial charge in [0.15, 0.2) is 0 Å². The van der Waals surface area contributed by atoms with Gasteiger partial charge in [-0.05, 0) is 109 Å². The third-order valence-electron chi connectivity index (χ3n) is 15.0. The highest BCUT2D eigenvalue weighted by Gasteiger charge is 2.30. The van der Waals surface area contributed by atoms with E-state index in [9.17, 15) is 19.0 Å². The van der Waals surface area contributed by atoms with Crippen molar-refractivity contribution in [3.8, 4) is 0 Å². The Morgan fingerprint density at radius 1 is 0.434 bits per heavy atom. The smallest absolute Gasteiger partial charge is 0.456 e. The van der Waals surface area contributed by atoms with Gasteiger partial charge in [0.1, 0.15) is 19.3 Å². The third kappa shape index (κ3) is 63.3. The Bertz CT molecular complexity index is 1740. The molecule has 1 amide bonds. The van der Waals surface area contributed by atoms with Gasteiger partial charge in [-0.3, -0.25) is 18.6 Å². The molecule has 0 bridgehead atoms. The van der Waals surface area contributed by atoms with Gasteiger partial charge in [-0.1, -0.05) is 279 Å². The number of phosphoric ester groups is 1. The fourth-order valence-electron chi connectivity index (χ4n) is 9.70. The number of hydrogen-bond donors (Lipinski definition) is 2. The molecule has 3 unspecified atom stereocenters. The zero-order chi connectivity index (χ0) is 60.7. The first kappa shape index (κ1) is 79.9. The molecule has 0 rings (SSSR count). The van der Waals surface area contributed by atoms with Gasteiger partial charge in [0.05, 0.1) is 33.8 Å². The van der Waals surface area contributed by atoms with Crippen LogP contribution >= 0.6 is 7.82 Å². The minimum atomic E-state index is -4.47. The van der Waals surface area contributed by atoms with Crippen LogP contribution in [0.15, 0.2) is 97.2 Å². The number of ether oxygens (including phenoxy) is 1. The van der Waals surface area contributed by atoms with E-state index in [-0.39, 0.29) is 31.5 Å². The van der Waals surface area contributed by atoms with Crippen LogP contribution in [0.2, 0.25) is 0 Å². The van der Waals surface area contributed by atoms with Crippen LogP contribution in [0.4, 0.5) is 0 Å². The first-order valence-electron chi connectivity index (χ1n) is 34.6. The number of likely N-dealkylation sites (N-methyl/N-ethyl adjacent to an activating group) is 1. The second-order valence-electron chi connectivity index (χ2n) is 24.3. The molecule has 0 saturated heterocycles. The first-order valence-corrected chi connectivity index (χ1v) is 36.1. The summed E-state index contributed by atoms with van der Waals surface area (Å²) in [5, 5.41) is 3.04. The number of unbranched alkanes of at least 4 members (excludes halogenated alkanes) is 32. The molecule has 0 saturated carbocycles. The van der Waals surface area contributed by atoms with Crippen LogP contribution in [-0.4, -0.2) is 74.3 Å². The summed E-state index contributed by atoms with van der Waals surface area (Å²) in [6.07, 6.45) is 84.3. The van der Waals surface area contributed by atoms with E-state index in [1.54, 1.807) is 0 Å². The second-order valence-corrected chi connectivity index (χ2v) is 25.8. The number of rotatable bonds is 62. The summed E-state index contributed by atoms with van der Waals surface area (Å²) in [4.78, 5) is 37.8. The van der Waals surface area contributed by atoms with Crippen LogP contribution in [0.25, 0.3) is 0 Å². The van der Waals surface area contributed by atoms with Crippen LogP contribution in [-0.2, 0) is 27.9 Å². The van der Waals surface area contributed by atoms with Crippen molar-refractivity contribution in [1.29, 1.82) is 0 Å². The molecule has 2 N–H and O–H groups in total. The lowest BCUT2D eigenvalue weighted by Gasteiger charge is -2.27. The SMILES string of the molecule is CC/C=C\C/C=C\C/C=C\C/C=C\C/C=C\CCCCCC(=O)NC(COP(=O)(O)OCC[N+](C)(C)C)C(/C=C\CCCCCCCCCCC)OC(=O)CCCCCCCCCCCCCCCCCCC/C=C\C/C=C\CCCCC. The largest absolute Gasteiger partial charge is 0.472 e. The van der Waals surface area contributed by atoms with Gasteiger partial charge in [-0.15, -0.1) is 0 Å². The van der Waals surface area contributed by atoms with Crippen LogP contribution < -0.4 is 5.32 Å². The van der Waals surface area contributed by atoms with Crippen molar-refractivity contribution >= 4 is 19.7 Å². The number of nitrogens with zero attached hydrogens (tertiary/aromatic N) is 1. The summed E-state index contributed by atoms with van der Waals surface area (Å²) in [7, 11) is 1.47. The number of allylic oxidation sites excluding steroid dienone is 15. The van der Waals surface area contributed by atoms with E-state index >= 15 is 0 Å². The average molecular weight is 1180 g/mol. The lowest BCUT2D eigenvalue weighted by molar-refractivity contribution is -0.870. The van der Waals surface area contributed by atoms with E-state index < -0.39 is 20.0 Å². The lowest BCUT2D eigenvalue weighted by Crippen LogP contribution is -2.47. The molecule has 3 atom stereocenters. The molecule has 83 heavy (non-hydrogen) atoms. The number of esters is 1. The predicted molar refractivity (Wildman–Crippen MR) is 360 cm³/mol. The standard InChI is InChI=1S/C73H131N2O7P/c1-7-10-13-16-19-22-25-27-29-31-33-34-35-36-37-38-39-40-42-44-46-48-51-54-57-60-63-66-73(77)82-71(64-61-58-55-52-49-24-21-18-15-12-9-3)70(69-81-83(78,79)80-68-67-75(4,5)6)74-72(76)65-62-59-56-53-50-47-45-43-41-32-30-28-26-23-20-17-14-11-8-2/h11,14,19-20,22-23,27-30,41,43,47,50,61,64,70-71H,7-10,12-13,15-18,21,24-26,31-40,42,44-46,48-49,51-60,62-63,65-69H2,1-6H3,(H-,74,76,78,79)/p+1/b14-11-,22-19-,23-20-,29-27-,30-28-,43-41-,50-47-,64-61-. The molecule has 0 aromatic rings. The highest BCUT2D eigenvalue weighted by molar-refractivity contribution is 7.47. The first-order chi connectivity index (χ1) is 40.4. The van der Waals surface area contributed by atoms with Gasteiger partial charge in [0, 0.05) is 12.8 Å². The van der Waals surface area contributed by atoms with Gasteiger partial charge in [-0.2, -0.15) is 0 Å². The zero-order valence-corrected chi connectivity index (χ0v) is 55.8. The maximum atomic E-state index is 13.6.